The fraction of sp³-hybridized carbons (Fsp3) is 0.250. The summed E-state index contributed by atoms with van der Waals surface area (Å²) in [6.45, 7) is 2.72. The quantitative estimate of drug-likeness (QED) is 0.562. The third-order valence-electron chi connectivity index (χ3n) is 3.65. The molecule has 0 aliphatic heterocycles. The zero-order chi connectivity index (χ0) is 16.4. The highest BCUT2D eigenvalue weighted by atomic mass is 79.9. The van der Waals surface area contributed by atoms with Crippen LogP contribution in [0.4, 0.5) is 0 Å². The van der Waals surface area contributed by atoms with Gasteiger partial charge in [0.1, 0.15) is 0 Å². The Hall–Kier alpha value is -1.21. The number of thiophene rings is 1. The molecule has 0 amide bonds. The first-order valence-electron chi connectivity index (χ1n) is 7.05. The van der Waals surface area contributed by atoms with Gasteiger partial charge in [0.15, 0.2) is 0 Å². The molecule has 120 valence electrons. The Morgan fingerprint density at radius 2 is 2.09 bits per heavy atom. The summed E-state index contributed by atoms with van der Waals surface area (Å²) in [5.74, 6) is 1.23. The van der Waals surface area contributed by atoms with E-state index in [0.29, 0.717) is 18.3 Å². The second-order valence-corrected chi connectivity index (χ2v) is 7.55. The Balaban J connectivity index is 1.69. The second-order valence-electron chi connectivity index (χ2n) is 5.28. The van der Waals surface area contributed by atoms with Gasteiger partial charge in [0.2, 0.25) is 11.7 Å². The molecule has 1 atom stereocenters. The van der Waals surface area contributed by atoms with Crippen LogP contribution in [0.1, 0.15) is 24.4 Å². The Bertz CT molecular complexity index is 787. The van der Waals surface area contributed by atoms with E-state index in [2.05, 4.69) is 37.9 Å². The molecule has 0 radical (unpaired) electrons. The third kappa shape index (κ3) is 4.01. The summed E-state index contributed by atoms with van der Waals surface area (Å²) in [4.78, 5) is 7.62. The molecule has 3 aromatic rings. The van der Waals surface area contributed by atoms with Crippen molar-refractivity contribution in [1.82, 2.24) is 15.0 Å². The topological polar surface area (TPSA) is 42.2 Å². The van der Waals surface area contributed by atoms with E-state index in [9.17, 15) is 0 Å². The average Bonchev–Trinajstić information content (AvgIpc) is 3.16. The van der Waals surface area contributed by atoms with Crippen molar-refractivity contribution in [2.75, 3.05) is 7.05 Å². The molecule has 0 N–H and O–H groups in total. The van der Waals surface area contributed by atoms with E-state index in [-0.39, 0.29) is 6.04 Å². The van der Waals surface area contributed by atoms with Crippen LogP contribution in [0.5, 0.6) is 0 Å². The van der Waals surface area contributed by atoms with Gasteiger partial charge >= 0.3 is 0 Å². The summed E-state index contributed by atoms with van der Waals surface area (Å²) in [6.07, 6.45) is 0. The molecular formula is C16H15BrClN3OS. The zero-order valence-electron chi connectivity index (χ0n) is 12.7. The van der Waals surface area contributed by atoms with E-state index >= 15 is 0 Å². The molecule has 4 nitrogen and oxygen atoms in total. The summed E-state index contributed by atoms with van der Waals surface area (Å²) in [5.41, 5.74) is 1.19. The Morgan fingerprint density at radius 3 is 2.74 bits per heavy atom. The van der Waals surface area contributed by atoms with Gasteiger partial charge < -0.3 is 4.52 Å². The maximum absolute atomic E-state index is 5.94. The van der Waals surface area contributed by atoms with Gasteiger partial charge in [0, 0.05) is 20.9 Å². The Kier molecular flexibility index (Phi) is 5.16. The van der Waals surface area contributed by atoms with Crippen molar-refractivity contribution in [2.45, 2.75) is 19.5 Å². The highest BCUT2D eigenvalue weighted by Crippen LogP contribution is 2.28. The molecule has 7 heteroatoms. The predicted octanol–water partition coefficient (Wildman–Crippen LogP) is 5.41. The van der Waals surface area contributed by atoms with Crippen LogP contribution < -0.4 is 0 Å². The van der Waals surface area contributed by atoms with Gasteiger partial charge in [-0.25, -0.2) is 0 Å². The van der Waals surface area contributed by atoms with Crippen molar-refractivity contribution in [1.29, 1.82) is 0 Å². The number of benzene rings is 1. The van der Waals surface area contributed by atoms with Gasteiger partial charge in [-0.05, 0) is 53.7 Å². The van der Waals surface area contributed by atoms with Crippen molar-refractivity contribution >= 4 is 38.9 Å². The maximum Gasteiger partial charge on any atom is 0.241 e. The molecule has 0 unspecified atom stereocenters. The highest BCUT2D eigenvalue weighted by Gasteiger charge is 2.16. The van der Waals surface area contributed by atoms with Crippen molar-refractivity contribution in [3.63, 3.8) is 0 Å². The van der Waals surface area contributed by atoms with Crippen LogP contribution >= 0.6 is 38.9 Å². The molecule has 1 aromatic carbocycles. The summed E-state index contributed by atoms with van der Waals surface area (Å²) in [5, 5.41) is 6.80. The minimum Gasteiger partial charge on any atom is -0.338 e. The molecule has 0 saturated heterocycles. The first-order valence-corrected chi connectivity index (χ1v) is 9.10. The van der Waals surface area contributed by atoms with E-state index in [1.807, 2.05) is 42.8 Å². The fourth-order valence-corrected chi connectivity index (χ4v) is 3.67. The van der Waals surface area contributed by atoms with E-state index in [1.165, 1.54) is 5.56 Å². The first-order chi connectivity index (χ1) is 11.0. The van der Waals surface area contributed by atoms with Crippen LogP contribution in [0.3, 0.4) is 0 Å². The highest BCUT2D eigenvalue weighted by molar-refractivity contribution is 9.10. The predicted molar refractivity (Wildman–Crippen MR) is 96.6 cm³/mol. The minimum atomic E-state index is 0.221. The standard InChI is InChI=1S/C16H15BrClN3OS/c1-10(11-3-5-13(18)6-4-11)21(2)8-15-19-16(20-22-15)14-7-12(17)9-23-14/h3-7,9-10H,8H2,1-2H3/t10-/m0/s1. The van der Waals surface area contributed by atoms with Crippen molar-refractivity contribution in [2.24, 2.45) is 0 Å². The van der Waals surface area contributed by atoms with Gasteiger partial charge in [0.05, 0.1) is 11.4 Å². The number of hydrogen-bond donors (Lipinski definition) is 0. The molecule has 0 saturated carbocycles. The molecule has 0 fully saturated rings. The molecule has 3 rings (SSSR count). The normalized spacial score (nSPS) is 12.7. The van der Waals surface area contributed by atoms with Gasteiger partial charge in [0.25, 0.3) is 0 Å². The van der Waals surface area contributed by atoms with E-state index in [0.717, 1.165) is 14.4 Å². The summed E-state index contributed by atoms with van der Waals surface area (Å²) in [6, 6.07) is 10.1. The molecule has 2 heterocycles. The van der Waals surface area contributed by atoms with Crippen LogP contribution in [0.2, 0.25) is 5.02 Å². The molecule has 0 spiro atoms. The van der Waals surface area contributed by atoms with E-state index in [1.54, 1.807) is 11.3 Å². The van der Waals surface area contributed by atoms with Crippen molar-refractivity contribution < 1.29 is 4.52 Å². The number of halogens is 2. The van der Waals surface area contributed by atoms with Crippen LogP contribution in [0.15, 0.2) is 44.7 Å². The summed E-state index contributed by atoms with van der Waals surface area (Å²) < 4.78 is 6.40. The largest absolute Gasteiger partial charge is 0.338 e. The molecule has 2 aromatic heterocycles. The van der Waals surface area contributed by atoms with E-state index in [4.69, 9.17) is 16.1 Å². The fourth-order valence-electron chi connectivity index (χ4n) is 2.20. The van der Waals surface area contributed by atoms with Gasteiger partial charge in [-0.1, -0.05) is 28.9 Å². The minimum absolute atomic E-state index is 0.221. The smallest absolute Gasteiger partial charge is 0.241 e. The second kappa shape index (κ2) is 7.13. The van der Waals surface area contributed by atoms with Crippen LogP contribution in [0.25, 0.3) is 10.7 Å². The summed E-state index contributed by atoms with van der Waals surface area (Å²) in [7, 11) is 2.03. The lowest BCUT2D eigenvalue weighted by Gasteiger charge is -2.23. The number of rotatable bonds is 5. The zero-order valence-corrected chi connectivity index (χ0v) is 15.8. The SMILES string of the molecule is C[C@@H](c1ccc(Cl)cc1)N(C)Cc1nc(-c2cc(Br)cs2)no1. The van der Waals surface area contributed by atoms with Crippen molar-refractivity contribution in [3.05, 3.63) is 56.7 Å². The van der Waals surface area contributed by atoms with E-state index < -0.39 is 0 Å². The average molecular weight is 413 g/mol. The third-order valence-corrected chi connectivity index (χ3v) is 5.59. The maximum atomic E-state index is 5.94. The lowest BCUT2D eigenvalue weighted by Crippen LogP contribution is -2.22. The summed E-state index contributed by atoms with van der Waals surface area (Å²) >= 11 is 11.0. The van der Waals surface area contributed by atoms with Crippen LogP contribution in [-0.4, -0.2) is 22.1 Å². The van der Waals surface area contributed by atoms with Gasteiger partial charge in [-0.3, -0.25) is 4.90 Å². The van der Waals surface area contributed by atoms with Crippen LogP contribution in [0, 0.1) is 0 Å². The van der Waals surface area contributed by atoms with Gasteiger partial charge in [-0.15, -0.1) is 11.3 Å². The van der Waals surface area contributed by atoms with Crippen molar-refractivity contribution in [3.8, 4) is 10.7 Å². The number of aromatic nitrogens is 2. The molecule has 0 bridgehead atoms. The molecule has 0 aliphatic rings. The van der Waals surface area contributed by atoms with Gasteiger partial charge in [-0.2, -0.15) is 4.98 Å². The lowest BCUT2D eigenvalue weighted by atomic mass is 10.1. The molecular weight excluding hydrogens is 398 g/mol. The molecule has 0 aliphatic carbocycles. The van der Waals surface area contributed by atoms with Crippen LogP contribution in [-0.2, 0) is 6.54 Å². The lowest BCUT2D eigenvalue weighted by molar-refractivity contribution is 0.216. The Morgan fingerprint density at radius 1 is 1.35 bits per heavy atom. The molecule has 23 heavy (non-hydrogen) atoms. The monoisotopic (exact) mass is 411 g/mol. The number of hydrogen-bond acceptors (Lipinski definition) is 5. The number of nitrogens with zero attached hydrogens (tertiary/aromatic N) is 3. The first kappa shape index (κ1) is 16.6. The Labute approximate surface area is 152 Å².